The standard InChI is InChI=1S/C30H55N.BrH/c1-4-7-8-9-10-11-12-13-14-15-16-17-18-19-20-21-25-28-30(31(5-2)6-3)29-26-23-22-24-27-29;/h22-24,26-27,30H,4-21,25,28H2,1-3H3;1H. The molecule has 0 aliphatic carbocycles. The van der Waals surface area contributed by atoms with E-state index in [1.54, 1.807) is 0 Å². The Morgan fingerprint density at radius 1 is 0.531 bits per heavy atom. The lowest BCUT2D eigenvalue weighted by Crippen LogP contribution is -2.28. The molecule has 0 heterocycles. The van der Waals surface area contributed by atoms with Crippen LogP contribution < -0.4 is 0 Å². The number of nitrogens with zero attached hydrogens (tertiary/aromatic N) is 1. The molecule has 0 spiro atoms. The highest BCUT2D eigenvalue weighted by molar-refractivity contribution is 8.93. The van der Waals surface area contributed by atoms with E-state index in [0.717, 1.165) is 13.1 Å². The van der Waals surface area contributed by atoms with E-state index in [0.29, 0.717) is 6.04 Å². The molecular formula is C30H56BrN. The van der Waals surface area contributed by atoms with Crippen molar-refractivity contribution < 1.29 is 0 Å². The van der Waals surface area contributed by atoms with Crippen molar-refractivity contribution in [3.05, 3.63) is 35.9 Å². The summed E-state index contributed by atoms with van der Waals surface area (Å²) in [5.74, 6) is 0. The van der Waals surface area contributed by atoms with Gasteiger partial charge in [0.1, 0.15) is 0 Å². The van der Waals surface area contributed by atoms with Gasteiger partial charge in [0.15, 0.2) is 0 Å². The summed E-state index contributed by atoms with van der Waals surface area (Å²) >= 11 is 0. The van der Waals surface area contributed by atoms with Gasteiger partial charge in [0.25, 0.3) is 0 Å². The molecule has 0 N–H and O–H groups in total. The molecule has 0 saturated carbocycles. The van der Waals surface area contributed by atoms with Gasteiger partial charge < -0.3 is 0 Å². The number of rotatable bonds is 22. The highest BCUT2D eigenvalue weighted by atomic mass is 79.9. The minimum absolute atomic E-state index is 0. The highest BCUT2D eigenvalue weighted by Gasteiger charge is 2.16. The molecule has 188 valence electrons. The minimum atomic E-state index is 0. The molecule has 1 aromatic carbocycles. The van der Waals surface area contributed by atoms with Crippen LogP contribution in [0.3, 0.4) is 0 Å². The predicted molar refractivity (Wildman–Crippen MR) is 151 cm³/mol. The Bertz CT molecular complexity index is 471. The maximum Gasteiger partial charge on any atom is 0.0347 e. The molecule has 1 rings (SSSR count). The van der Waals surface area contributed by atoms with Crippen LogP contribution in [0.25, 0.3) is 0 Å². The fourth-order valence-electron chi connectivity index (χ4n) is 4.96. The van der Waals surface area contributed by atoms with Crippen molar-refractivity contribution >= 4 is 17.0 Å². The molecule has 0 saturated heterocycles. The number of benzene rings is 1. The molecule has 0 bridgehead atoms. The van der Waals surface area contributed by atoms with Crippen molar-refractivity contribution in [2.75, 3.05) is 13.1 Å². The Morgan fingerprint density at radius 3 is 1.28 bits per heavy atom. The lowest BCUT2D eigenvalue weighted by Gasteiger charge is -2.30. The quantitative estimate of drug-likeness (QED) is 0.140. The van der Waals surface area contributed by atoms with Crippen molar-refractivity contribution in [1.29, 1.82) is 0 Å². The van der Waals surface area contributed by atoms with Gasteiger partial charge in [-0.3, -0.25) is 4.90 Å². The van der Waals surface area contributed by atoms with Crippen molar-refractivity contribution in [2.45, 2.75) is 142 Å². The molecule has 0 radical (unpaired) electrons. The normalized spacial score (nSPS) is 12.1. The van der Waals surface area contributed by atoms with Gasteiger partial charge in [-0.05, 0) is 25.1 Å². The Kier molecular flexibility index (Phi) is 23.6. The molecule has 1 atom stereocenters. The number of halogens is 1. The molecule has 1 unspecified atom stereocenters. The first-order valence-electron chi connectivity index (χ1n) is 14.1. The Balaban J connectivity index is 0.00000961. The van der Waals surface area contributed by atoms with Gasteiger partial charge >= 0.3 is 0 Å². The molecule has 1 aromatic rings. The molecule has 0 aliphatic rings. The molecule has 0 aliphatic heterocycles. The SMILES string of the molecule is Br.CCCCCCCCCCCCCCCCCCCC(c1ccccc1)N(CC)CC. The van der Waals surface area contributed by atoms with Gasteiger partial charge in [-0.1, -0.05) is 160 Å². The summed E-state index contributed by atoms with van der Waals surface area (Å²) < 4.78 is 0. The van der Waals surface area contributed by atoms with E-state index in [2.05, 4.69) is 56.0 Å². The fraction of sp³-hybridized carbons (Fsp3) is 0.800. The zero-order valence-electron chi connectivity index (χ0n) is 22.0. The summed E-state index contributed by atoms with van der Waals surface area (Å²) in [6, 6.07) is 11.8. The molecular weight excluding hydrogens is 454 g/mol. The average Bonchev–Trinajstić information content (AvgIpc) is 2.81. The van der Waals surface area contributed by atoms with Gasteiger partial charge in [-0.2, -0.15) is 0 Å². The molecule has 32 heavy (non-hydrogen) atoms. The molecule has 1 nitrogen and oxygen atoms in total. The van der Waals surface area contributed by atoms with Crippen LogP contribution in [0.4, 0.5) is 0 Å². The van der Waals surface area contributed by atoms with E-state index in [1.807, 2.05) is 0 Å². The second-order valence-corrected chi connectivity index (χ2v) is 9.59. The zero-order valence-corrected chi connectivity index (χ0v) is 23.7. The van der Waals surface area contributed by atoms with Crippen molar-refractivity contribution in [3.8, 4) is 0 Å². The Hall–Kier alpha value is -0.340. The van der Waals surface area contributed by atoms with Crippen LogP contribution in [0.15, 0.2) is 30.3 Å². The molecule has 0 amide bonds. The first-order chi connectivity index (χ1) is 15.3. The molecule has 0 aromatic heterocycles. The van der Waals surface area contributed by atoms with Gasteiger partial charge in [0, 0.05) is 6.04 Å². The maximum atomic E-state index is 2.63. The predicted octanol–water partition coefficient (Wildman–Crippen LogP) is 10.7. The van der Waals surface area contributed by atoms with Crippen LogP contribution >= 0.6 is 17.0 Å². The van der Waals surface area contributed by atoms with Gasteiger partial charge in [-0.15, -0.1) is 17.0 Å². The first-order valence-corrected chi connectivity index (χ1v) is 14.1. The van der Waals surface area contributed by atoms with E-state index in [-0.39, 0.29) is 17.0 Å². The third kappa shape index (κ3) is 16.3. The fourth-order valence-corrected chi connectivity index (χ4v) is 4.96. The lowest BCUT2D eigenvalue weighted by molar-refractivity contribution is 0.204. The second-order valence-electron chi connectivity index (χ2n) is 9.59. The number of hydrogen-bond acceptors (Lipinski definition) is 1. The summed E-state index contributed by atoms with van der Waals surface area (Å²) in [6.07, 6.45) is 25.9. The van der Waals surface area contributed by atoms with E-state index in [4.69, 9.17) is 0 Å². The molecule has 0 fully saturated rings. The number of hydrogen-bond donors (Lipinski definition) is 0. The Labute approximate surface area is 212 Å². The number of unbranched alkanes of at least 4 members (excludes halogenated alkanes) is 16. The highest BCUT2D eigenvalue weighted by Crippen LogP contribution is 2.26. The maximum absolute atomic E-state index is 2.63. The van der Waals surface area contributed by atoms with Crippen LogP contribution in [0, 0.1) is 0 Å². The second kappa shape index (κ2) is 23.8. The average molecular weight is 511 g/mol. The largest absolute Gasteiger partial charge is 0.297 e. The zero-order chi connectivity index (χ0) is 22.4. The monoisotopic (exact) mass is 509 g/mol. The smallest absolute Gasteiger partial charge is 0.0347 e. The summed E-state index contributed by atoms with van der Waals surface area (Å²) in [7, 11) is 0. The first kappa shape index (κ1) is 31.7. The van der Waals surface area contributed by atoms with E-state index in [1.165, 1.54) is 121 Å². The van der Waals surface area contributed by atoms with Gasteiger partial charge in [-0.25, -0.2) is 0 Å². The summed E-state index contributed by atoms with van der Waals surface area (Å²) in [5.41, 5.74) is 1.50. The topological polar surface area (TPSA) is 3.24 Å². The Morgan fingerprint density at radius 2 is 0.906 bits per heavy atom. The van der Waals surface area contributed by atoms with Crippen LogP contribution in [0.2, 0.25) is 0 Å². The van der Waals surface area contributed by atoms with Crippen LogP contribution in [-0.2, 0) is 0 Å². The van der Waals surface area contributed by atoms with Crippen molar-refractivity contribution in [1.82, 2.24) is 4.90 Å². The van der Waals surface area contributed by atoms with Crippen LogP contribution in [0.1, 0.15) is 148 Å². The van der Waals surface area contributed by atoms with Gasteiger partial charge in [0.2, 0.25) is 0 Å². The van der Waals surface area contributed by atoms with E-state index >= 15 is 0 Å². The third-order valence-corrected chi connectivity index (χ3v) is 7.02. The van der Waals surface area contributed by atoms with E-state index < -0.39 is 0 Å². The van der Waals surface area contributed by atoms with Crippen molar-refractivity contribution in [3.63, 3.8) is 0 Å². The third-order valence-electron chi connectivity index (χ3n) is 7.02. The summed E-state index contributed by atoms with van der Waals surface area (Å²) in [4.78, 5) is 2.63. The summed E-state index contributed by atoms with van der Waals surface area (Å²) in [5, 5.41) is 0. The minimum Gasteiger partial charge on any atom is -0.297 e. The molecule has 2 heteroatoms. The van der Waals surface area contributed by atoms with E-state index in [9.17, 15) is 0 Å². The van der Waals surface area contributed by atoms with Crippen LogP contribution in [0.5, 0.6) is 0 Å². The van der Waals surface area contributed by atoms with Crippen molar-refractivity contribution in [2.24, 2.45) is 0 Å². The lowest BCUT2D eigenvalue weighted by atomic mass is 9.97. The summed E-state index contributed by atoms with van der Waals surface area (Å²) in [6.45, 7) is 9.20. The van der Waals surface area contributed by atoms with Gasteiger partial charge in [0.05, 0.1) is 0 Å². The van der Waals surface area contributed by atoms with Crippen LogP contribution in [-0.4, -0.2) is 18.0 Å².